The minimum Gasteiger partial charge on any atom is -0.481 e. The van der Waals surface area contributed by atoms with Crippen molar-refractivity contribution in [1.29, 1.82) is 0 Å². The summed E-state index contributed by atoms with van der Waals surface area (Å²) in [7, 11) is 0. The Morgan fingerprint density at radius 3 is 2.82 bits per heavy atom. The van der Waals surface area contributed by atoms with E-state index in [4.69, 9.17) is 16.3 Å². The predicted molar refractivity (Wildman–Crippen MR) is 50.5 cm³/mol. The molecule has 0 fully saturated rings. The quantitative estimate of drug-likeness (QED) is 0.675. The summed E-state index contributed by atoms with van der Waals surface area (Å²) in [4.78, 5) is 0. The fraction of sp³-hybridized carbons (Fsp3) is 0.250. The third kappa shape index (κ3) is 2.64. The Kier molecular flexibility index (Phi) is 3.60. The second-order valence-corrected chi connectivity index (χ2v) is 3.20. The van der Waals surface area contributed by atoms with Gasteiger partial charge in [-0.05, 0) is 18.4 Å². The van der Waals surface area contributed by atoms with E-state index in [1.165, 1.54) is 0 Å². The zero-order chi connectivity index (χ0) is 8.10. The summed E-state index contributed by atoms with van der Waals surface area (Å²) in [6.07, 6.45) is 1.98. The van der Waals surface area contributed by atoms with Gasteiger partial charge in [-0.3, -0.25) is 0 Å². The molecule has 0 heterocycles. The molecule has 3 heteroatoms. The Labute approximate surface area is 75.7 Å². The molecule has 0 bridgehead atoms. The van der Waals surface area contributed by atoms with Gasteiger partial charge in [0.2, 0.25) is 0 Å². The Morgan fingerprint density at radius 1 is 1.45 bits per heavy atom. The molecule has 0 aromatic heterocycles. The topological polar surface area (TPSA) is 9.23 Å². The Bertz CT molecular complexity index is 227. The first-order valence-electron chi connectivity index (χ1n) is 3.21. The van der Waals surface area contributed by atoms with E-state index in [2.05, 4.69) is 0 Å². The van der Waals surface area contributed by atoms with Crippen molar-refractivity contribution in [1.82, 2.24) is 0 Å². The highest BCUT2D eigenvalue weighted by Crippen LogP contribution is 2.23. The van der Waals surface area contributed by atoms with E-state index in [0.29, 0.717) is 11.0 Å². The Morgan fingerprint density at radius 2 is 2.18 bits per heavy atom. The van der Waals surface area contributed by atoms with Crippen LogP contribution in [0.1, 0.15) is 0 Å². The van der Waals surface area contributed by atoms with Crippen molar-refractivity contribution in [2.24, 2.45) is 0 Å². The van der Waals surface area contributed by atoms with Gasteiger partial charge >= 0.3 is 0 Å². The second kappa shape index (κ2) is 4.52. The molecule has 60 valence electrons. The molecular weight excluding hydrogens is 180 g/mol. The van der Waals surface area contributed by atoms with Crippen LogP contribution >= 0.6 is 23.4 Å². The lowest BCUT2D eigenvalue weighted by molar-refractivity contribution is 0.393. The van der Waals surface area contributed by atoms with Gasteiger partial charge in [-0.15, -0.1) is 11.8 Å². The minimum absolute atomic E-state index is 0.643. The third-order valence-corrected chi connectivity index (χ3v) is 1.83. The highest BCUT2D eigenvalue weighted by molar-refractivity contribution is 7.98. The van der Waals surface area contributed by atoms with Crippen LogP contribution in [0.15, 0.2) is 24.3 Å². The van der Waals surface area contributed by atoms with Crippen molar-refractivity contribution < 1.29 is 4.74 Å². The lowest BCUT2D eigenvalue weighted by Gasteiger charge is -2.04. The zero-order valence-corrected chi connectivity index (χ0v) is 7.78. The number of rotatable bonds is 3. The molecule has 0 amide bonds. The first-order valence-corrected chi connectivity index (χ1v) is 4.98. The SMILES string of the molecule is CSCOc1ccccc1Cl. The van der Waals surface area contributed by atoms with E-state index in [9.17, 15) is 0 Å². The van der Waals surface area contributed by atoms with Crippen molar-refractivity contribution in [3.63, 3.8) is 0 Å². The van der Waals surface area contributed by atoms with Gasteiger partial charge in [0.05, 0.1) is 5.02 Å². The number of hydrogen-bond donors (Lipinski definition) is 0. The first kappa shape index (κ1) is 8.75. The minimum atomic E-state index is 0.643. The average molecular weight is 189 g/mol. The Balaban J connectivity index is 2.62. The molecule has 1 rings (SSSR count). The van der Waals surface area contributed by atoms with E-state index in [1.54, 1.807) is 11.8 Å². The molecule has 0 saturated heterocycles. The van der Waals surface area contributed by atoms with Crippen molar-refractivity contribution in [3.8, 4) is 5.75 Å². The van der Waals surface area contributed by atoms with E-state index >= 15 is 0 Å². The zero-order valence-electron chi connectivity index (χ0n) is 6.21. The normalized spacial score (nSPS) is 9.64. The first-order chi connectivity index (χ1) is 5.34. The summed E-state index contributed by atoms with van der Waals surface area (Å²) in [5.41, 5.74) is 0. The molecule has 0 N–H and O–H groups in total. The summed E-state index contributed by atoms with van der Waals surface area (Å²) in [6.45, 7) is 0. The van der Waals surface area contributed by atoms with Crippen molar-refractivity contribution in [2.75, 3.05) is 12.2 Å². The average Bonchev–Trinajstić information content (AvgIpc) is 2.03. The molecule has 0 aliphatic carbocycles. The summed E-state index contributed by atoms with van der Waals surface area (Å²) >= 11 is 7.45. The van der Waals surface area contributed by atoms with Crippen LogP contribution in [0.5, 0.6) is 5.75 Å². The Hall–Kier alpha value is -0.340. The van der Waals surface area contributed by atoms with Gasteiger partial charge in [0, 0.05) is 0 Å². The molecule has 0 aliphatic rings. The van der Waals surface area contributed by atoms with E-state index in [0.717, 1.165) is 5.75 Å². The highest BCUT2D eigenvalue weighted by atomic mass is 35.5. The van der Waals surface area contributed by atoms with Crippen LogP contribution in [-0.2, 0) is 0 Å². The lowest BCUT2D eigenvalue weighted by Crippen LogP contribution is -1.91. The number of thioether (sulfide) groups is 1. The number of benzene rings is 1. The van der Waals surface area contributed by atoms with Crippen LogP contribution in [0.2, 0.25) is 5.02 Å². The maximum atomic E-state index is 5.83. The van der Waals surface area contributed by atoms with Crippen LogP contribution in [-0.4, -0.2) is 12.2 Å². The van der Waals surface area contributed by atoms with Crippen LogP contribution in [0, 0.1) is 0 Å². The molecule has 0 aliphatic heterocycles. The van der Waals surface area contributed by atoms with E-state index in [-0.39, 0.29) is 0 Å². The lowest BCUT2D eigenvalue weighted by atomic mass is 10.3. The molecule has 1 aromatic carbocycles. The van der Waals surface area contributed by atoms with Gasteiger partial charge in [-0.25, -0.2) is 0 Å². The molecule has 0 atom stereocenters. The molecule has 1 nitrogen and oxygen atoms in total. The fourth-order valence-electron chi connectivity index (χ4n) is 0.684. The molecule has 11 heavy (non-hydrogen) atoms. The van der Waals surface area contributed by atoms with Crippen LogP contribution < -0.4 is 4.74 Å². The van der Waals surface area contributed by atoms with Gasteiger partial charge in [0.15, 0.2) is 0 Å². The van der Waals surface area contributed by atoms with Crippen molar-refractivity contribution in [3.05, 3.63) is 29.3 Å². The number of para-hydroxylation sites is 1. The van der Waals surface area contributed by atoms with Gasteiger partial charge in [-0.2, -0.15) is 0 Å². The largest absolute Gasteiger partial charge is 0.481 e. The second-order valence-electron chi connectivity index (χ2n) is 1.98. The molecular formula is C8H9ClOS. The molecule has 0 radical (unpaired) electrons. The standard InChI is InChI=1S/C8H9ClOS/c1-11-6-10-8-5-3-2-4-7(8)9/h2-5H,6H2,1H3. The summed E-state index contributed by atoms with van der Waals surface area (Å²) in [5.74, 6) is 1.40. The van der Waals surface area contributed by atoms with Gasteiger partial charge < -0.3 is 4.74 Å². The van der Waals surface area contributed by atoms with Crippen LogP contribution in [0.4, 0.5) is 0 Å². The molecule has 0 unspecified atom stereocenters. The number of ether oxygens (including phenoxy) is 1. The predicted octanol–water partition coefficient (Wildman–Crippen LogP) is 3.04. The van der Waals surface area contributed by atoms with Gasteiger partial charge in [0.1, 0.15) is 11.7 Å². The highest BCUT2D eigenvalue weighted by Gasteiger charge is 1.96. The van der Waals surface area contributed by atoms with Gasteiger partial charge in [0.25, 0.3) is 0 Å². The fourth-order valence-corrected chi connectivity index (χ4v) is 1.12. The maximum absolute atomic E-state index is 5.83. The summed E-state index contributed by atoms with van der Waals surface area (Å²) in [5, 5.41) is 0.668. The summed E-state index contributed by atoms with van der Waals surface area (Å²) < 4.78 is 5.32. The van der Waals surface area contributed by atoms with Gasteiger partial charge in [-0.1, -0.05) is 23.7 Å². The smallest absolute Gasteiger partial charge is 0.139 e. The molecule has 0 spiro atoms. The van der Waals surface area contributed by atoms with E-state index < -0.39 is 0 Å². The van der Waals surface area contributed by atoms with E-state index in [1.807, 2.05) is 30.5 Å². The maximum Gasteiger partial charge on any atom is 0.139 e. The number of halogens is 1. The molecule has 0 saturated carbocycles. The molecule has 1 aromatic rings. The monoisotopic (exact) mass is 188 g/mol. The van der Waals surface area contributed by atoms with Crippen molar-refractivity contribution in [2.45, 2.75) is 0 Å². The third-order valence-electron chi connectivity index (χ3n) is 1.17. The number of hydrogen-bond acceptors (Lipinski definition) is 2. The summed E-state index contributed by atoms with van der Waals surface area (Å²) in [6, 6.07) is 7.46. The van der Waals surface area contributed by atoms with Crippen molar-refractivity contribution >= 4 is 23.4 Å². The van der Waals surface area contributed by atoms with Crippen LogP contribution in [0.3, 0.4) is 0 Å². The van der Waals surface area contributed by atoms with Crippen LogP contribution in [0.25, 0.3) is 0 Å².